The van der Waals surface area contributed by atoms with Gasteiger partial charge in [-0.2, -0.15) is 5.10 Å². The Morgan fingerprint density at radius 1 is 1.26 bits per heavy atom. The Kier molecular flexibility index (Phi) is 3.01. The highest BCUT2D eigenvalue weighted by atomic mass is 19.1. The summed E-state index contributed by atoms with van der Waals surface area (Å²) in [7, 11) is 1.82. The molecular formula is C15H18FN3. The zero-order valence-corrected chi connectivity index (χ0v) is 11.1. The van der Waals surface area contributed by atoms with E-state index >= 15 is 0 Å². The fraction of sp³-hybridized carbons (Fsp3) is 0.400. The summed E-state index contributed by atoms with van der Waals surface area (Å²) in [6.07, 6.45) is 4.69. The zero-order chi connectivity index (χ0) is 13.4. The van der Waals surface area contributed by atoms with Crippen LogP contribution in [0.2, 0.25) is 0 Å². The lowest BCUT2D eigenvalue weighted by Crippen LogP contribution is -1.98. The molecule has 0 radical (unpaired) electrons. The highest BCUT2D eigenvalue weighted by molar-refractivity contribution is 5.77. The van der Waals surface area contributed by atoms with Crippen LogP contribution in [0.4, 0.5) is 10.2 Å². The lowest BCUT2D eigenvalue weighted by atomic mass is 9.95. The van der Waals surface area contributed by atoms with E-state index < -0.39 is 0 Å². The van der Waals surface area contributed by atoms with Gasteiger partial charge < -0.3 is 5.73 Å². The minimum atomic E-state index is -0.235. The number of nitrogens with two attached hydrogens (primary N) is 1. The molecule has 1 aromatic carbocycles. The number of hydrogen-bond acceptors (Lipinski definition) is 2. The van der Waals surface area contributed by atoms with Crippen LogP contribution in [0, 0.1) is 5.82 Å². The molecule has 0 aliphatic heterocycles. The van der Waals surface area contributed by atoms with E-state index in [1.54, 1.807) is 16.8 Å². The predicted octanol–water partition coefficient (Wildman–Crippen LogP) is 3.47. The smallest absolute Gasteiger partial charge is 0.131 e. The van der Waals surface area contributed by atoms with Gasteiger partial charge in [-0.1, -0.05) is 31.0 Å². The summed E-state index contributed by atoms with van der Waals surface area (Å²) in [4.78, 5) is 0. The first-order chi connectivity index (χ1) is 9.18. The third kappa shape index (κ3) is 2.01. The summed E-state index contributed by atoms with van der Waals surface area (Å²) in [6.45, 7) is 0. The van der Waals surface area contributed by atoms with Gasteiger partial charge in [-0.05, 0) is 18.9 Å². The van der Waals surface area contributed by atoms with Gasteiger partial charge in [0.15, 0.2) is 0 Å². The number of aromatic nitrogens is 2. The summed E-state index contributed by atoms with van der Waals surface area (Å²) in [5.41, 5.74) is 8.42. The second-order valence-electron chi connectivity index (χ2n) is 5.23. The van der Waals surface area contributed by atoms with Gasteiger partial charge in [0.2, 0.25) is 0 Å². The first-order valence-electron chi connectivity index (χ1n) is 6.75. The molecule has 0 atom stereocenters. The molecule has 0 saturated heterocycles. The van der Waals surface area contributed by atoms with Crippen LogP contribution < -0.4 is 5.73 Å². The molecule has 100 valence electrons. The van der Waals surface area contributed by atoms with Gasteiger partial charge in [-0.3, -0.25) is 4.68 Å². The summed E-state index contributed by atoms with van der Waals surface area (Å²) in [5.74, 6) is 0.728. The molecule has 2 N–H and O–H groups in total. The van der Waals surface area contributed by atoms with Crippen LogP contribution in [0.3, 0.4) is 0 Å². The largest absolute Gasteiger partial charge is 0.383 e. The standard InChI is InChI=1S/C15H18FN3/c1-19-15(17)13(11-8-4-5-9-12(11)16)14(18-19)10-6-2-3-7-10/h4-5,8-10H,2-3,6-7,17H2,1H3. The molecule has 1 saturated carbocycles. The minimum Gasteiger partial charge on any atom is -0.383 e. The van der Waals surface area contributed by atoms with Crippen molar-refractivity contribution in [2.75, 3.05) is 5.73 Å². The molecule has 0 unspecified atom stereocenters. The summed E-state index contributed by atoms with van der Waals surface area (Å²) in [6, 6.07) is 6.78. The lowest BCUT2D eigenvalue weighted by Gasteiger charge is -2.10. The molecule has 1 heterocycles. The van der Waals surface area contributed by atoms with Crippen molar-refractivity contribution in [2.24, 2.45) is 7.05 Å². The van der Waals surface area contributed by atoms with Crippen LogP contribution in [-0.2, 0) is 7.05 Å². The van der Waals surface area contributed by atoms with Crippen molar-refractivity contribution >= 4 is 5.82 Å². The lowest BCUT2D eigenvalue weighted by molar-refractivity contribution is 0.629. The summed E-state index contributed by atoms with van der Waals surface area (Å²) < 4.78 is 15.7. The first kappa shape index (κ1) is 12.2. The highest BCUT2D eigenvalue weighted by Crippen LogP contribution is 2.41. The number of benzene rings is 1. The molecule has 0 amide bonds. The molecular weight excluding hydrogens is 241 g/mol. The third-order valence-electron chi connectivity index (χ3n) is 4.00. The fourth-order valence-electron chi connectivity index (χ4n) is 2.98. The van der Waals surface area contributed by atoms with Crippen molar-refractivity contribution in [3.8, 4) is 11.1 Å². The summed E-state index contributed by atoms with van der Waals surface area (Å²) in [5, 5.41) is 4.53. The maximum atomic E-state index is 14.0. The fourth-order valence-corrected chi connectivity index (χ4v) is 2.98. The van der Waals surface area contributed by atoms with Crippen LogP contribution in [0.1, 0.15) is 37.3 Å². The van der Waals surface area contributed by atoms with E-state index in [4.69, 9.17) is 5.73 Å². The van der Waals surface area contributed by atoms with E-state index in [0.717, 1.165) is 24.1 Å². The normalized spacial score (nSPS) is 16.1. The summed E-state index contributed by atoms with van der Waals surface area (Å²) >= 11 is 0. The maximum Gasteiger partial charge on any atom is 0.131 e. The van der Waals surface area contributed by atoms with Gasteiger partial charge in [0.1, 0.15) is 11.6 Å². The van der Waals surface area contributed by atoms with E-state index in [0.29, 0.717) is 17.3 Å². The molecule has 1 aromatic heterocycles. The Bertz CT molecular complexity index is 597. The average Bonchev–Trinajstić information content (AvgIpc) is 3.01. The average molecular weight is 259 g/mol. The molecule has 1 aliphatic carbocycles. The van der Waals surface area contributed by atoms with Crippen LogP contribution in [0.25, 0.3) is 11.1 Å². The van der Waals surface area contributed by atoms with Gasteiger partial charge >= 0.3 is 0 Å². The van der Waals surface area contributed by atoms with E-state index in [-0.39, 0.29) is 5.82 Å². The molecule has 0 spiro atoms. The van der Waals surface area contributed by atoms with Crippen LogP contribution in [0.5, 0.6) is 0 Å². The van der Waals surface area contributed by atoms with E-state index in [1.165, 1.54) is 18.9 Å². The topological polar surface area (TPSA) is 43.8 Å². The molecule has 4 heteroatoms. The Hall–Kier alpha value is -1.84. The highest BCUT2D eigenvalue weighted by Gasteiger charge is 2.27. The van der Waals surface area contributed by atoms with E-state index in [2.05, 4.69) is 5.10 Å². The van der Waals surface area contributed by atoms with Crippen molar-refractivity contribution in [1.82, 2.24) is 9.78 Å². The van der Waals surface area contributed by atoms with E-state index in [1.807, 2.05) is 13.1 Å². The predicted molar refractivity (Wildman–Crippen MR) is 74.2 cm³/mol. The monoisotopic (exact) mass is 259 g/mol. The van der Waals surface area contributed by atoms with Crippen molar-refractivity contribution in [2.45, 2.75) is 31.6 Å². The second kappa shape index (κ2) is 4.68. The third-order valence-corrected chi connectivity index (χ3v) is 4.00. The molecule has 0 bridgehead atoms. The van der Waals surface area contributed by atoms with Gasteiger partial charge in [-0.15, -0.1) is 0 Å². The molecule has 1 aliphatic rings. The number of halogens is 1. The van der Waals surface area contributed by atoms with Crippen molar-refractivity contribution in [1.29, 1.82) is 0 Å². The molecule has 1 fully saturated rings. The van der Waals surface area contributed by atoms with Crippen LogP contribution >= 0.6 is 0 Å². The van der Waals surface area contributed by atoms with Gasteiger partial charge in [-0.25, -0.2) is 4.39 Å². The molecule has 3 rings (SSSR count). The van der Waals surface area contributed by atoms with Gasteiger partial charge in [0.05, 0.1) is 11.3 Å². The molecule has 19 heavy (non-hydrogen) atoms. The number of nitrogens with zero attached hydrogens (tertiary/aromatic N) is 2. The maximum absolute atomic E-state index is 14.0. The Balaban J connectivity index is 2.16. The van der Waals surface area contributed by atoms with Gasteiger partial charge in [0, 0.05) is 18.5 Å². The van der Waals surface area contributed by atoms with E-state index in [9.17, 15) is 4.39 Å². The van der Waals surface area contributed by atoms with Crippen molar-refractivity contribution in [3.63, 3.8) is 0 Å². The zero-order valence-electron chi connectivity index (χ0n) is 11.1. The Labute approximate surface area is 112 Å². The first-order valence-corrected chi connectivity index (χ1v) is 6.75. The molecule has 2 aromatic rings. The number of nitrogen functional groups attached to an aromatic ring is 1. The Morgan fingerprint density at radius 3 is 2.63 bits per heavy atom. The van der Waals surface area contributed by atoms with Crippen molar-refractivity contribution in [3.05, 3.63) is 35.8 Å². The molecule has 3 nitrogen and oxygen atoms in total. The number of hydrogen-bond donors (Lipinski definition) is 1. The van der Waals surface area contributed by atoms with Crippen molar-refractivity contribution < 1.29 is 4.39 Å². The number of anilines is 1. The van der Waals surface area contributed by atoms with Gasteiger partial charge in [0.25, 0.3) is 0 Å². The van der Waals surface area contributed by atoms with Crippen LogP contribution in [0.15, 0.2) is 24.3 Å². The quantitative estimate of drug-likeness (QED) is 0.897. The number of rotatable bonds is 2. The minimum absolute atomic E-state index is 0.235. The van der Waals surface area contributed by atoms with Crippen LogP contribution in [-0.4, -0.2) is 9.78 Å². The SMILES string of the molecule is Cn1nc(C2CCCC2)c(-c2ccccc2F)c1N. The second-order valence-corrected chi connectivity index (χ2v) is 5.23. The number of aryl methyl sites for hydroxylation is 1. The Morgan fingerprint density at radius 2 is 1.95 bits per heavy atom.